The zero-order valence-corrected chi connectivity index (χ0v) is 10.7. The number of carbonyl (C=O) groups excluding carboxylic acids is 1. The fraction of sp³-hybridized carbons (Fsp3) is 0.917. The van der Waals surface area contributed by atoms with E-state index in [-0.39, 0.29) is 5.97 Å². The fourth-order valence-corrected chi connectivity index (χ4v) is 0.948. The van der Waals surface area contributed by atoms with E-state index in [0.717, 1.165) is 25.4 Å². The first-order chi connectivity index (χ1) is 6.84. The van der Waals surface area contributed by atoms with Crippen LogP contribution in [0.2, 0.25) is 0 Å². The van der Waals surface area contributed by atoms with Gasteiger partial charge >= 0.3 is 5.97 Å². The van der Waals surface area contributed by atoms with Crippen LogP contribution in [-0.4, -0.2) is 25.7 Å². The van der Waals surface area contributed by atoms with Gasteiger partial charge in [-0.05, 0) is 39.7 Å². The molecule has 0 rings (SSSR count). The summed E-state index contributed by atoms with van der Waals surface area (Å²) in [5.41, 5.74) is -0.391. The molecule has 1 N–H and O–H groups in total. The van der Waals surface area contributed by atoms with Gasteiger partial charge in [-0.3, -0.25) is 4.79 Å². The normalized spacial score (nSPS) is 11.9. The summed E-state index contributed by atoms with van der Waals surface area (Å²) >= 11 is 0. The third kappa shape index (κ3) is 8.43. The molecule has 0 bridgehead atoms. The Labute approximate surface area is 93.6 Å². The number of ether oxygens (including phenoxy) is 1. The lowest BCUT2D eigenvalue weighted by atomic mass is 9.97. The molecular weight excluding hydrogens is 190 g/mol. The summed E-state index contributed by atoms with van der Waals surface area (Å²) in [5, 5.41) is 3.25. The number of rotatable bonds is 6. The van der Waals surface area contributed by atoms with E-state index in [0.29, 0.717) is 6.61 Å². The van der Waals surface area contributed by atoms with Crippen molar-refractivity contribution >= 4 is 5.97 Å². The molecule has 0 saturated heterocycles. The maximum atomic E-state index is 11.4. The monoisotopic (exact) mass is 215 g/mol. The number of carbonyl (C=O) groups is 1. The van der Waals surface area contributed by atoms with Crippen LogP contribution in [0.4, 0.5) is 0 Å². The fourth-order valence-electron chi connectivity index (χ4n) is 0.948. The minimum atomic E-state index is -0.391. The summed E-state index contributed by atoms with van der Waals surface area (Å²) < 4.78 is 5.11. The summed E-state index contributed by atoms with van der Waals surface area (Å²) in [6.07, 6.45) is 1.16. The highest BCUT2D eigenvalue weighted by molar-refractivity contribution is 5.75. The first-order valence-electron chi connectivity index (χ1n) is 5.72. The van der Waals surface area contributed by atoms with Crippen LogP contribution < -0.4 is 5.32 Å². The molecule has 90 valence electrons. The second kappa shape index (κ2) is 6.83. The lowest BCUT2D eigenvalue weighted by Crippen LogP contribution is -2.28. The van der Waals surface area contributed by atoms with Crippen molar-refractivity contribution in [3.63, 3.8) is 0 Å². The molecule has 0 unspecified atom stereocenters. The molecule has 3 nitrogen and oxygen atoms in total. The molecule has 0 saturated carbocycles. The molecular formula is C12H25NO2. The third-order valence-electron chi connectivity index (χ3n) is 2.02. The highest BCUT2D eigenvalue weighted by Gasteiger charge is 2.22. The van der Waals surface area contributed by atoms with E-state index < -0.39 is 5.41 Å². The largest absolute Gasteiger partial charge is 0.464 e. The first-order valence-corrected chi connectivity index (χ1v) is 5.72. The second-order valence-corrected chi connectivity index (χ2v) is 5.32. The summed E-state index contributed by atoms with van der Waals surface area (Å²) in [4.78, 5) is 11.4. The molecule has 0 aromatic heterocycles. The Morgan fingerprint density at radius 2 is 1.87 bits per heavy atom. The SMILES string of the molecule is CC(C)CCNCCOC(=O)C(C)(C)C. The van der Waals surface area contributed by atoms with Crippen LogP contribution in [0.15, 0.2) is 0 Å². The van der Waals surface area contributed by atoms with Crippen LogP contribution in [0.5, 0.6) is 0 Å². The lowest BCUT2D eigenvalue weighted by molar-refractivity contribution is -0.152. The van der Waals surface area contributed by atoms with E-state index in [1.807, 2.05) is 20.8 Å². The molecule has 0 amide bonds. The highest BCUT2D eigenvalue weighted by Crippen LogP contribution is 2.14. The zero-order chi connectivity index (χ0) is 11.9. The molecule has 3 heteroatoms. The van der Waals surface area contributed by atoms with E-state index in [2.05, 4.69) is 19.2 Å². The van der Waals surface area contributed by atoms with Gasteiger partial charge in [-0.2, -0.15) is 0 Å². The first kappa shape index (κ1) is 14.4. The number of hydrogen-bond acceptors (Lipinski definition) is 3. The number of nitrogens with one attached hydrogen (secondary N) is 1. The molecule has 0 aliphatic rings. The van der Waals surface area contributed by atoms with Crippen LogP contribution in [0.25, 0.3) is 0 Å². The third-order valence-corrected chi connectivity index (χ3v) is 2.02. The predicted octanol–water partition coefficient (Wildman–Crippen LogP) is 2.21. The number of hydrogen-bond donors (Lipinski definition) is 1. The summed E-state index contributed by atoms with van der Waals surface area (Å²) in [5.74, 6) is 0.586. The second-order valence-electron chi connectivity index (χ2n) is 5.32. The Morgan fingerprint density at radius 1 is 1.27 bits per heavy atom. The average Bonchev–Trinajstić information content (AvgIpc) is 2.08. The molecule has 0 aromatic rings. The van der Waals surface area contributed by atoms with Crippen LogP contribution in [0.3, 0.4) is 0 Å². The van der Waals surface area contributed by atoms with Crippen molar-refractivity contribution in [2.75, 3.05) is 19.7 Å². The van der Waals surface area contributed by atoms with Crippen LogP contribution in [0.1, 0.15) is 41.0 Å². The van der Waals surface area contributed by atoms with Gasteiger partial charge in [0.2, 0.25) is 0 Å². The van der Waals surface area contributed by atoms with Crippen LogP contribution >= 0.6 is 0 Å². The quantitative estimate of drug-likeness (QED) is 0.545. The van der Waals surface area contributed by atoms with E-state index in [4.69, 9.17) is 4.74 Å². The van der Waals surface area contributed by atoms with Gasteiger partial charge in [-0.25, -0.2) is 0 Å². The average molecular weight is 215 g/mol. The maximum absolute atomic E-state index is 11.4. The van der Waals surface area contributed by atoms with Crippen molar-refractivity contribution in [3.05, 3.63) is 0 Å². The smallest absolute Gasteiger partial charge is 0.311 e. The Bertz CT molecular complexity index is 183. The summed E-state index contributed by atoms with van der Waals surface area (Å²) in [7, 11) is 0. The van der Waals surface area contributed by atoms with Gasteiger partial charge in [0, 0.05) is 6.54 Å². The van der Waals surface area contributed by atoms with Gasteiger partial charge in [0.1, 0.15) is 6.61 Å². The minimum Gasteiger partial charge on any atom is -0.464 e. The standard InChI is InChI=1S/C12H25NO2/c1-10(2)6-7-13-8-9-15-11(14)12(3,4)5/h10,13H,6-9H2,1-5H3. The molecule has 0 spiro atoms. The minimum absolute atomic E-state index is 0.131. The Balaban J connectivity index is 3.36. The molecule has 0 heterocycles. The van der Waals surface area contributed by atoms with E-state index in [1.165, 1.54) is 0 Å². The lowest BCUT2D eigenvalue weighted by Gasteiger charge is -2.16. The van der Waals surface area contributed by atoms with Crippen molar-refractivity contribution in [1.29, 1.82) is 0 Å². The van der Waals surface area contributed by atoms with Crippen molar-refractivity contribution in [1.82, 2.24) is 5.32 Å². The van der Waals surface area contributed by atoms with Crippen LogP contribution in [-0.2, 0) is 9.53 Å². The summed E-state index contributed by atoms with van der Waals surface area (Å²) in [6, 6.07) is 0. The number of esters is 1. The molecule has 0 aliphatic carbocycles. The molecule has 0 atom stereocenters. The topological polar surface area (TPSA) is 38.3 Å². The predicted molar refractivity (Wildman–Crippen MR) is 62.7 cm³/mol. The molecule has 0 radical (unpaired) electrons. The highest BCUT2D eigenvalue weighted by atomic mass is 16.5. The van der Waals surface area contributed by atoms with Gasteiger partial charge in [0.05, 0.1) is 5.41 Å². The van der Waals surface area contributed by atoms with Crippen molar-refractivity contribution in [2.45, 2.75) is 41.0 Å². The van der Waals surface area contributed by atoms with E-state index >= 15 is 0 Å². The van der Waals surface area contributed by atoms with Gasteiger partial charge in [-0.15, -0.1) is 0 Å². The molecule has 0 aliphatic heterocycles. The van der Waals surface area contributed by atoms with Gasteiger partial charge in [0.15, 0.2) is 0 Å². The van der Waals surface area contributed by atoms with Crippen molar-refractivity contribution < 1.29 is 9.53 Å². The van der Waals surface area contributed by atoms with Crippen LogP contribution in [0, 0.1) is 11.3 Å². The van der Waals surface area contributed by atoms with Gasteiger partial charge in [-0.1, -0.05) is 13.8 Å². The van der Waals surface area contributed by atoms with Crippen molar-refractivity contribution in [2.24, 2.45) is 11.3 Å². The Kier molecular flexibility index (Phi) is 6.57. The van der Waals surface area contributed by atoms with Crippen molar-refractivity contribution in [3.8, 4) is 0 Å². The maximum Gasteiger partial charge on any atom is 0.311 e. The van der Waals surface area contributed by atoms with E-state index in [1.54, 1.807) is 0 Å². The van der Waals surface area contributed by atoms with E-state index in [9.17, 15) is 4.79 Å². The van der Waals surface area contributed by atoms with Gasteiger partial charge < -0.3 is 10.1 Å². The molecule has 15 heavy (non-hydrogen) atoms. The Hall–Kier alpha value is -0.570. The van der Waals surface area contributed by atoms with Gasteiger partial charge in [0.25, 0.3) is 0 Å². The summed E-state index contributed by atoms with van der Waals surface area (Å²) in [6.45, 7) is 12.2. The zero-order valence-electron chi connectivity index (χ0n) is 10.7. The Morgan fingerprint density at radius 3 is 2.33 bits per heavy atom. The molecule has 0 fully saturated rings. The molecule has 0 aromatic carbocycles.